The van der Waals surface area contributed by atoms with Crippen molar-refractivity contribution in [1.29, 1.82) is 0 Å². The SMILES string of the molecule is CC(C)c1ccccc1[C@H]1CCCN1C1CC2(CCN(c3ccc(C(=O)NS(=O)(=O)c4cc5c(c([N+](=O)[O-])c4)N[C@H]([C@H]4CC[C@H](C)CC4)CO5)c(Oc4cnc5[nH]cc(F)c5c4)c3)CC2)C1. The lowest BCUT2D eigenvalue weighted by atomic mass is 9.59. The van der Waals surface area contributed by atoms with Crippen LogP contribution in [-0.2, 0) is 10.0 Å². The molecule has 1 amide bonds. The Labute approximate surface area is 384 Å². The van der Waals surface area contributed by atoms with Crippen molar-refractivity contribution >= 4 is 44.0 Å². The number of hydrogen-bond donors (Lipinski definition) is 3. The van der Waals surface area contributed by atoms with Gasteiger partial charge in [-0.2, -0.15) is 0 Å². The first-order valence-corrected chi connectivity index (χ1v) is 25.1. The van der Waals surface area contributed by atoms with Gasteiger partial charge < -0.3 is 24.7 Å². The minimum absolute atomic E-state index is 0.0269. The molecule has 2 aliphatic carbocycles. The van der Waals surface area contributed by atoms with Gasteiger partial charge in [0, 0.05) is 55.3 Å². The average Bonchev–Trinajstić information content (AvgIpc) is 3.94. The van der Waals surface area contributed by atoms with Gasteiger partial charge in [0.05, 0.1) is 33.0 Å². The van der Waals surface area contributed by atoms with Crippen molar-refractivity contribution in [3.8, 4) is 17.2 Å². The van der Waals surface area contributed by atoms with E-state index in [-0.39, 0.29) is 57.9 Å². The second kappa shape index (κ2) is 17.5. The Balaban J connectivity index is 0.865. The van der Waals surface area contributed by atoms with Gasteiger partial charge in [-0.1, -0.05) is 57.9 Å². The van der Waals surface area contributed by atoms with Crippen molar-refractivity contribution in [1.82, 2.24) is 19.6 Å². The van der Waals surface area contributed by atoms with Crippen LogP contribution in [0.3, 0.4) is 0 Å². The molecule has 2 saturated carbocycles. The van der Waals surface area contributed by atoms with Gasteiger partial charge in [-0.15, -0.1) is 0 Å². The largest absolute Gasteiger partial charge is 0.489 e. The highest BCUT2D eigenvalue weighted by Gasteiger charge is 2.50. The number of carbonyl (C=O) groups is 1. The molecule has 5 aliphatic rings. The number of likely N-dealkylation sites (tertiary alicyclic amines) is 1. The van der Waals surface area contributed by atoms with E-state index in [1.54, 1.807) is 12.1 Å². The molecular weight excluding hydrogens is 862 g/mol. The summed E-state index contributed by atoms with van der Waals surface area (Å²) in [5, 5.41) is 15.9. The van der Waals surface area contributed by atoms with Gasteiger partial charge in [-0.05, 0) is 110 Å². The number of piperidine rings is 1. The zero-order valence-electron chi connectivity index (χ0n) is 37.7. The molecule has 0 radical (unpaired) electrons. The summed E-state index contributed by atoms with van der Waals surface area (Å²) < 4.78 is 57.0. The quantitative estimate of drug-likeness (QED) is 0.0850. The Bertz CT molecular complexity index is 2770. The number of hydrogen-bond acceptors (Lipinski definition) is 11. The molecule has 3 aromatic carbocycles. The van der Waals surface area contributed by atoms with Crippen LogP contribution in [0.5, 0.6) is 17.2 Å². The predicted octanol–water partition coefficient (Wildman–Crippen LogP) is 10.2. The van der Waals surface area contributed by atoms with Crippen LogP contribution in [0.4, 0.5) is 21.5 Å². The molecule has 3 N–H and O–H groups in total. The van der Waals surface area contributed by atoms with Gasteiger partial charge in [0.1, 0.15) is 29.6 Å². The number of amides is 1. The number of H-pyrrole nitrogens is 1. The third-order valence-corrected chi connectivity index (χ3v) is 16.6. The van der Waals surface area contributed by atoms with Crippen LogP contribution in [0.25, 0.3) is 11.0 Å². The van der Waals surface area contributed by atoms with E-state index in [1.807, 2.05) is 0 Å². The number of rotatable bonds is 11. The van der Waals surface area contributed by atoms with Crippen molar-refractivity contribution in [3.63, 3.8) is 0 Å². The Morgan fingerprint density at radius 3 is 2.56 bits per heavy atom. The summed E-state index contributed by atoms with van der Waals surface area (Å²) in [6.07, 6.45) is 13.4. The zero-order chi connectivity index (χ0) is 45.9. The highest BCUT2D eigenvalue weighted by molar-refractivity contribution is 7.90. The number of carbonyl (C=O) groups excluding carboxylic acids is 1. The standard InChI is InChI=1S/C50H58FN7O7S/c1-30(2)37-7-4-5-8-38(37)43-9-6-18-57(43)34-25-50(26-34)16-19-56(20-17-50)33-14-15-39(45(21-33)65-35-22-40-41(51)28-53-48(40)52-27-35)49(59)55-66(62,63)36-23-44(58(60)61)47-46(24-36)64-29-42(54-47)32-12-10-31(3)11-13-32/h4-5,7-8,14-15,21-24,27-28,30-32,34,42-43,54H,6,9-13,16-20,25-26,29H2,1-3H3,(H,52,53)(H,55,59)/t31-,32-,42-,43+/m0/s1. The van der Waals surface area contributed by atoms with Gasteiger partial charge in [-0.3, -0.25) is 19.8 Å². The Kier molecular flexibility index (Phi) is 11.7. The van der Waals surface area contributed by atoms with E-state index in [4.69, 9.17) is 9.47 Å². The van der Waals surface area contributed by atoms with Crippen LogP contribution < -0.4 is 24.4 Å². The minimum Gasteiger partial charge on any atom is -0.489 e. The number of halogens is 1. The summed E-state index contributed by atoms with van der Waals surface area (Å²) in [6, 6.07) is 18.4. The van der Waals surface area contributed by atoms with Crippen LogP contribution in [0.1, 0.15) is 118 Å². The lowest BCUT2D eigenvalue weighted by Crippen LogP contribution is -2.54. The highest BCUT2D eigenvalue weighted by atomic mass is 32.2. The molecule has 4 fully saturated rings. The summed E-state index contributed by atoms with van der Waals surface area (Å²) in [4.78, 5) is 37.4. The van der Waals surface area contributed by atoms with Crippen LogP contribution in [0, 0.1) is 33.2 Å². The molecule has 10 rings (SSSR count). The minimum atomic E-state index is -4.68. The second-order valence-corrected chi connectivity index (χ2v) is 21.5. The molecule has 66 heavy (non-hydrogen) atoms. The number of nitro benzene ring substituents is 1. The number of sulfonamides is 1. The summed E-state index contributed by atoms with van der Waals surface area (Å²) >= 11 is 0. The van der Waals surface area contributed by atoms with Gasteiger partial charge in [0.25, 0.3) is 21.6 Å². The molecule has 1 spiro atoms. The van der Waals surface area contributed by atoms with E-state index in [1.165, 1.54) is 67.4 Å². The van der Waals surface area contributed by atoms with Gasteiger partial charge in [0.15, 0.2) is 11.4 Å². The Hall–Kier alpha value is -5.74. The fourth-order valence-corrected chi connectivity index (χ4v) is 12.6. The Morgan fingerprint density at radius 2 is 1.80 bits per heavy atom. The van der Waals surface area contributed by atoms with Crippen molar-refractivity contribution in [2.75, 3.05) is 36.5 Å². The monoisotopic (exact) mass is 919 g/mol. The fourth-order valence-electron chi connectivity index (χ4n) is 11.6. The summed E-state index contributed by atoms with van der Waals surface area (Å²) in [5.74, 6) is 0.0386. The van der Waals surface area contributed by atoms with E-state index in [0.29, 0.717) is 29.6 Å². The number of aromatic nitrogens is 2. The summed E-state index contributed by atoms with van der Waals surface area (Å²) in [7, 11) is -4.68. The van der Waals surface area contributed by atoms with Crippen LogP contribution in [0.15, 0.2) is 78.0 Å². The highest BCUT2D eigenvalue weighted by Crippen LogP contribution is 2.54. The number of nitrogens with one attached hydrogen (secondary N) is 3. The zero-order valence-corrected chi connectivity index (χ0v) is 38.5. The summed E-state index contributed by atoms with van der Waals surface area (Å²) in [6.45, 7) is 9.72. The van der Waals surface area contributed by atoms with E-state index < -0.39 is 37.3 Å². The van der Waals surface area contributed by atoms with Gasteiger partial charge in [0.2, 0.25) is 0 Å². The molecule has 14 nitrogen and oxygen atoms in total. The second-order valence-electron chi connectivity index (χ2n) is 19.8. The molecule has 5 aromatic rings. The number of fused-ring (bicyclic) bond motifs is 2. The average molecular weight is 920 g/mol. The molecule has 0 bridgehead atoms. The van der Waals surface area contributed by atoms with E-state index in [2.05, 4.69) is 74.8 Å². The van der Waals surface area contributed by atoms with Gasteiger partial charge in [-0.25, -0.2) is 22.5 Å². The first kappa shape index (κ1) is 44.1. The normalized spacial score (nSPS) is 23.3. The Morgan fingerprint density at radius 1 is 1.03 bits per heavy atom. The lowest BCUT2D eigenvalue weighted by Gasteiger charge is -2.56. The predicted molar refractivity (Wildman–Crippen MR) is 250 cm³/mol. The topological polar surface area (TPSA) is 172 Å². The molecule has 5 heterocycles. The lowest BCUT2D eigenvalue weighted by molar-refractivity contribution is -0.384. The fraction of sp³-hybridized carbons (Fsp3) is 0.480. The molecule has 0 unspecified atom stereocenters. The third-order valence-electron chi connectivity index (χ3n) is 15.3. The molecule has 3 aliphatic heterocycles. The van der Waals surface area contributed by atoms with E-state index >= 15 is 0 Å². The molecule has 2 saturated heterocycles. The maximum absolute atomic E-state index is 14.7. The molecule has 2 aromatic heterocycles. The third kappa shape index (κ3) is 8.46. The molecule has 2 atom stereocenters. The van der Waals surface area contributed by atoms with Crippen LogP contribution in [-0.4, -0.2) is 72.4 Å². The number of benzene rings is 3. The summed E-state index contributed by atoms with van der Waals surface area (Å²) in [5.41, 5.74) is 3.86. The number of aromatic amines is 1. The molecule has 16 heteroatoms. The van der Waals surface area contributed by atoms with Crippen molar-refractivity contribution < 1.29 is 32.0 Å². The first-order valence-electron chi connectivity index (χ1n) is 23.6. The number of anilines is 2. The van der Waals surface area contributed by atoms with Crippen molar-refractivity contribution in [2.45, 2.75) is 114 Å². The number of nitrogens with zero attached hydrogens (tertiary/aromatic N) is 4. The maximum atomic E-state index is 14.7. The van der Waals surface area contributed by atoms with E-state index in [9.17, 15) is 27.7 Å². The molecular formula is C50H58FN7O7S. The van der Waals surface area contributed by atoms with Gasteiger partial charge >= 0.3 is 0 Å². The maximum Gasteiger partial charge on any atom is 0.297 e. The van der Waals surface area contributed by atoms with Crippen molar-refractivity contribution in [2.24, 2.45) is 17.3 Å². The first-order chi connectivity index (χ1) is 31.7. The number of pyridine rings is 1. The number of ether oxygens (including phenoxy) is 2. The van der Waals surface area contributed by atoms with Crippen LogP contribution >= 0.6 is 0 Å². The smallest absolute Gasteiger partial charge is 0.297 e. The number of nitro groups is 1. The van der Waals surface area contributed by atoms with E-state index in [0.717, 1.165) is 69.9 Å². The molecule has 348 valence electrons. The van der Waals surface area contributed by atoms with Crippen molar-refractivity contribution in [3.05, 3.63) is 106 Å². The van der Waals surface area contributed by atoms with Crippen LogP contribution in [0.2, 0.25) is 0 Å².